The van der Waals surface area contributed by atoms with E-state index in [9.17, 15) is 18.0 Å². The minimum absolute atomic E-state index is 0.353. The van der Waals surface area contributed by atoms with Crippen LogP contribution >= 0.6 is 0 Å². The first kappa shape index (κ1) is 26.0. The first-order valence-electron chi connectivity index (χ1n) is 10.8. The summed E-state index contributed by atoms with van der Waals surface area (Å²) < 4.78 is 43.7. The maximum atomic E-state index is 12.3. The number of anilines is 1. The summed E-state index contributed by atoms with van der Waals surface area (Å²) in [7, 11) is 3.64. The van der Waals surface area contributed by atoms with Crippen LogP contribution in [0.1, 0.15) is 5.56 Å². The standard InChI is InChI=1S/C23H27F3N6O3/c1-31(8-10-34-2)9-11-35-29-14-17-6-7-32-20(15-27-21(32)12-17)18-4-3-5-19(13-18)30-22(33)28-16-23(24,25)26/h3-7,12-15H,8-11,16H2,1-2H3,(H2,28,30,33)/b29-14-. The van der Waals surface area contributed by atoms with Crippen LogP contribution in [0, 0.1) is 0 Å². The van der Waals surface area contributed by atoms with Crippen molar-refractivity contribution in [2.24, 2.45) is 5.16 Å². The Bertz CT molecular complexity index is 1150. The molecule has 0 atom stereocenters. The monoisotopic (exact) mass is 492 g/mol. The molecule has 0 aliphatic rings. The van der Waals surface area contributed by atoms with E-state index in [2.05, 4.69) is 20.4 Å². The quantitative estimate of drug-likeness (QED) is 0.242. The average Bonchev–Trinajstić information content (AvgIpc) is 3.24. The van der Waals surface area contributed by atoms with E-state index in [1.807, 2.05) is 35.8 Å². The Morgan fingerprint density at radius 1 is 1.23 bits per heavy atom. The number of benzene rings is 1. The van der Waals surface area contributed by atoms with E-state index < -0.39 is 18.8 Å². The minimum atomic E-state index is -4.48. The lowest BCUT2D eigenvalue weighted by atomic mass is 10.1. The molecule has 2 N–H and O–H groups in total. The molecular weight excluding hydrogens is 465 g/mol. The molecule has 35 heavy (non-hydrogen) atoms. The number of nitrogens with zero attached hydrogens (tertiary/aromatic N) is 4. The molecule has 0 aliphatic heterocycles. The van der Waals surface area contributed by atoms with Gasteiger partial charge in [0.1, 0.15) is 18.8 Å². The van der Waals surface area contributed by atoms with Crippen LogP contribution in [0.5, 0.6) is 0 Å². The zero-order chi connectivity index (χ0) is 25.3. The average molecular weight is 493 g/mol. The fraction of sp³-hybridized carbons (Fsp3) is 0.348. The van der Waals surface area contributed by atoms with Gasteiger partial charge in [0.25, 0.3) is 0 Å². The summed E-state index contributed by atoms with van der Waals surface area (Å²) >= 11 is 0. The number of fused-ring (bicyclic) bond motifs is 1. The van der Waals surface area contributed by atoms with Crippen LogP contribution in [-0.2, 0) is 9.57 Å². The molecule has 2 heterocycles. The maximum absolute atomic E-state index is 12.3. The molecule has 0 unspecified atom stereocenters. The summed E-state index contributed by atoms with van der Waals surface area (Å²) in [6, 6.07) is 9.50. The number of methoxy groups -OCH3 is 1. The highest BCUT2D eigenvalue weighted by Gasteiger charge is 2.27. The van der Waals surface area contributed by atoms with Gasteiger partial charge < -0.3 is 25.1 Å². The summed E-state index contributed by atoms with van der Waals surface area (Å²) in [4.78, 5) is 23.5. The third-order valence-corrected chi connectivity index (χ3v) is 4.92. The number of aromatic nitrogens is 2. The Kier molecular flexibility index (Phi) is 9.04. The number of ether oxygens (including phenoxy) is 1. The summed E-state index contributed by atoms with van der Waals surface area (Å²) in [5.74, 6) is 0. The molecule has 0 spiro atoms. The highest BCUT2D eigenvalue weighted by molar-refractivity contribution is 5.90. The number of amides is 2. The number of alkyl halides is 3. The number of oxime groups is 1. The summed E-state index contributed by atoms with van der Waals surface area (Å²) in [5.41, 5.74) is 3.31. The molecule has 0 radical (unpaired) electrons. The normalized spacial score (nSPS) is 11.9. The molecular formula is C23H27F3N6O3. The summed E-state index contributed by atoms with van der Waals surface area (Å²) in [6.07, 6.45) is 0.624. The maximum Gasteiger partial charge on any atom is 0.405 e. The molecule has 2 amide bonds. The molecule has 188 valence electrons. The van der Waals surface area contributed by atoms with E-state index in [0.717, 1.165) is 29.9 Å². The van der Waals surface area contributed by atoms with E-state index in [0.29, 0.717) is 24.5 Å². The third-order valence-electron chi connectivity index (χ3n) is 4.92. The number of imidazole rings is 1. The fourth-order valence-electron chi connectivity index (χ4n) is 3.11. The molecule has 12 heteroatoms. The Hall–Kier alpha value is -3.64. The first-order valence-corrected chi connectivity index (χ1v) is 10.8. The smallest absolute Gasteiger partial charge is 0.394 e. The lowest BCUT2D eigenvalue weighted by Gasteiger charge is -2.14. The SMILES string of the molecule is COCCN(C)CCO/N=C\c1ccn2c(-c3cccc(NC(=O)NCC(F)(F)F)c3)cnc2c1. The number of hydrogen-bond acceptors (Lipinski definition) is 6. The Labute approximate surface area is 200 Å². The van der Waals surface area contributed by atoms with Crippen molar-refractivity contribution in [1.29, 1.82) is 0 Å². The number of carbonyl (C=O) groups is 1. The van der Waals surface area contributed by atoms with Gasteiger partial charge in [-0.3, -0.25) is 4.40 Å². The number of likely N-dealkylation sites (N-methyl/N-ethyl adjacent to an activating group) is 1. The number of halogens is 3. The van der Waals surface area contributed by atoms with E-state index in [1.54, 1.807) is 43.0 Å². The molecule has 9 nitrogen and oxygen atoms in total. The second-order valence-corrected chi connectivity index (χ2v) is 7.70. The molecule has 0 aliphatic carbocycles. The minimum Gasteiger partial charge on any atom is -0.394 e. The van der Waals surface area contributed by atoms with Crippen molar-refractivity contribution in [1.82, 2.24) is 19.6 Å². The molecule has 3 rings (SSSR count). The van der Waals surface area contributed by atoms with Gasteiger partial charge in [0.05, 0.1) is 24.7 Å². The lowest BCUT2D eigenvalue weighted by molar-refractivity contribution is -0.122. The predicted octanol–water partition coefficient (Wildman–Crippen LogP) is 3.61. The molecule has 0 saturated carbocycles. The van der Waals surface area contributed by atoms with Crippen LogP contribution in [0.4, 0.5) is 23.7 Å². The summed E-state index contributed by atoms with van der Waals surface area (Å²) in [5, 5.41) is 8.18. The van der Waals surface area contributed by atoms with Crippen LogP contribution in [0.3, 0.4) is 0 Å². The van der Waals surface area contributed by atoms with Crippen molar-refractivity contribution in [2.45, 2.75) is 6.18 Å². The first-order chi connectivity index (χ1) is 16.7. The van der Waals surface area contributed by atoms with Crippen molar-refractivity contribution in [2.75, 3.05) is 52.3 Å². The van der Waals surface area contributed by atoms with Crippen molar-refractivity contribution < 1.29 is 27.5 Å². The molecule has 0 saturated heterocycles. The van der Waals surface area contributed by atoms with Crippen LogP contribution in [0.15, 0.2) is 53.9 Å². The number of hydrogen-bond donors (Lipinski definition) is 2. The second kappa shape index (κ2) is 12.2. The van der Waals surface area contributed by atoms with E-state index >= 15 is 0 Å². The van der Waals surface area contributed by atoms with Gasteiger partial charge in [-0.05, 0) is 31.3 Å². The van der Waals surface area contributed by atoms with Crippen LogP contribution in [-0.4, -0.2) is 79.7 Å². The van der Waals surface area contributed by atoms with Crippen LogP contribution < -0.4 is 10.6 Å². The van der Waals surface area contributed by atoms with Gasteiger partial charge in [-0.25, -0.2) is 9.78 Å². The van der Waals surface area contributed by atoms with E-state index in [4.69, 9.17) is 9.57 Å². The van der Waals surface area contributed by atoms with E-state index in [1.165, 1.54) is 0 Å². The fourth-order valence-corrected chi connectivity index (χ4v) is 3.11. The van der Waals surface area contributed by atoms with E-state index in [-0.39, 0.29) is 0 Å². The number of nitrogens with one attached hydrogen (secondary N) is 2. The van der Waals surface area contributed by atoms with Gasteiger partial charge >= 0.3 is 12.2 Å². The van der Waals surface area contributed by atoms with Gasteiger partial charge in [-0.2, -0.15) is 13.2 Å². The van der Waals surface area contributed by atoms with Crippen LogP contribution in [0.25, 0.3) is 16.9 Å². The third kappa shape index (κ3) is 8.26. The van der Waals surface area contributed by atoms with Gasteiger partial charge in [-0.1, -0.05) is 17.3 Å². The Morgan fingerprint density at radius 2 is 2.03 bits per heavy atom. The number of rotatable bonds is 11. The number of carbonyl (C=O) groups excluding carboxylic acids is 1. The second-order valence-electron chi connectivity index (χ2n) is 7.70. The molecule has 0 fully saturated rings. The molecule has 2 aromatic heterocycles. The number of pyridine rings is 1. The predicted molar refractivity (Wildman–Crippen MR) is 127 cm³/mol. The molecule has 0 bridgehead atoms. The van der Waals surface area contributed by atoms with Crippen molar-refractivity contribution in [3.63, 3.8) is 0 Å². The largest absolute Gasteiger partial charge is 0.405 e. The van der Waals surface area contributed by atoms with Gasteiger partial charge in [0, 0.05) is 43.2 Å². The highest BCUT2D eigenvalue weighted by atomic mass is 19.4. The van der Waals surface area contributed by atoms with Gasteiger partial charge in [0.15, 0.2) is 0 Å². The highest BCUT2D eigenvalue weighted by Crippen LogP contribution is 2.24. The molecule has 1 aromatic carbocycles. The van der Waals surface area contributed by atoms with Gasteiger partial charge in [0.2, 0.25) is 0 Å². The topological polar surface area (TPSA) is 92.5 Å². The molecule has 3 aromatic rings. The summed E-state index contributed by atoms with van der Waals surface area (Å²) in [6.45, 7) is 1.23. The van der Waals surface area contributed by atoms with Crippen molar-refractivity contribution >= 4 is 23.6 Å². The van der Waals surface area contributed by atoms with Crippen molar-refractivity contribution in [3.05, 3.63) is 54.4 Å². The van der Waals surface area contributed by atoms with Gasteiger partial charge in [-0.15, -0.1) is 0 Å². The van der Waals surface area contributed by atoms with Crippen LogP contribution in [0.2, 0.25) is 0 Å². The number of urea groups is 1. The lowest BCUT2D eigenvalue weighted by Crippen LogP contribution is -2.36. The Balaban J connectivity index is 1.61. The zero-order valence-electron chi connectivity index (χ0n) is 19.4. The Morgan fingerprint density at radius 3 is 2.80 bits per heavy atom. The van der Waals surface area contributed by atoms with Crippen molar-refractivity contribution in [3.8, 4) is 11.3 Å². The zero-order valence-corrected chi connectivity index (χ0v) is 19.4.